The number of aromatic amines is 1. The number of benzene rings is 1. The van der Waals surface area contributed by atoms with Gasteiger partial charge in [0.25, 0.3) is 0 Å². The van der Waals surface area contributed by atoms with E-state index in [2.05, 4.69) is 22.2 Å². The Morgan fingerprint density at radius 2 is 2.32 bits per heavy atom. The first-order valence-corrected chi connectivity index (χ1v) is 7.61. The minimum absolute atomic E-state index is 0.627. The van der Waals surface area contributed by atoms with Gasteiger partial charge in [0.1, 0.15) is 5.75 Å². The van der Waals surface area contributed by atoms with E-state index in [-0.39, 0.29) is 0 Å². The van der Waals surface area contributed by atoms with Gasteiger partial charge in [0.2, 0.25) is 0 Å². The highest BCUT2D eigenvalue weighted by Crippen LogP contribution is 2.24. The zero-order valence-electron chi connectivity index (χ0n) is 11.7. The first-order chi connectivity index (χ1) is 9.22. The largest absolute Gasteiger partial charge is 0.494 e. The third-order valence-corrected chi connectivity index (χ3v) is 4.00. The molecule has 104 valence electrons. The van der Waals surface area contributed by atoms with E-state index in [1.165, 1.54) is 0 Å². The van der Waals surface area contributed by atoms with Crippen molar-refractivity contribution in [1.82, 2.24) is 15.3 Å². The number of nitrogens with one attached hydrogen (secondary N) is 2. The average molecular weight is 279 g/mol. The Balaban J connectivity index is 2.04. The molecule has 0 aliphatic rings. The monoisotopic (exact) mass is 279 g/mol. The Kier molecular flexibility index (Phi) is 5.10. The summed E-state index contributed by atoms with van der Waals surface area (Å²) in [6, 6.07) is 5.97. The van der Waals surface area contributed by atoms with Crippen LogP contribution in [0.15, 0.2) is 23.4 Å². The molecule has 2 aromatic rings. The van der Waals surface area contributed by atoms with E-state index >= 15 is 0 Å². The van der Waals surface area contributed by atoms with Crippen LogP contribution < -0.4 is 10.1 Å². The molecular weight excluding hydrogens is 258 g/mol. The molecule has 2 rings (SSSR count). The Hall–Kier alpha value is -1.20. The van der Waals surface area contributed by atoms with Gasteiger partial charge >= 0.3 is 0 Å². The molecule has 1 aromatic carbocycles. The normalized spacial score (nSPS) is 12.8. The van der Waals surface area contributed by atoms with Crippen LogP contribution in [0.1, 0.15) is 13.8 Å². The average Bonchev–Trinajstić information content (AvgIpc) is 2.79. The van der Waals surface area contributed by atoms with Gasteiger partial charge in [-0.15, -0.1) is 0 Å². The zero-order chi connectivity index (χ0) is 13.7. The maximum absolute atomic E-state index is 5.49. The van der Waals surface area contributed by atoms with Crippen LogP contribution in [0.5, 0.6) is 5.75 Å². The van der Waals surface area contributed by atoms with E-state index < -0.39 is 0 Å². The van der Waals surface area contributed by atoms with Crippen LogP contribution in [0.4, 0.5) is 0 Å². The lowest BCUT2D eigenvalue weighted by Gasteiger charge is -2.07. The first-order valence-electron chi connectivity index (χ1n) is 6.63. The maximum atomic E-state index is 5.49. The second-order valence-electron chi connectivity index (χ2n) is 4.63. The quantitative estimate of drug-likeness (QED) is 0.765. The van der Waals surface area contributed by atoms with Crippen LogP contribution in [0, 0.1) is 5.92 Å². The molecule has 0 amide bonds. The summed E-state index contributed by atoms with van der Waals surface area (Å²) >= 11 is 1.77. The number of aromatic nitrogens is 2. The molecular formula is C14H21N3OS. The van der Waals surface area contributed by atoms with Crippen molar-refractivity contribution in [3.8, 4) is 5.75 Å². The minimum Gasteiger partial charge on any atom is -0.494 e. The summed E-state index contributed by atoms with van der Waals surface area (Å²) < 4.78 is 5.49. The minimum atomic E-state index is 0.627. The van der Waals surface area contributed by atoms with Crippen molar-refractivity contribution < 1.29 is 4.74 Å². The van der Waals surface area contributed by atoms with Crippen LogP contribution in [-0.4, -0.2) is 35.9 Å². The van der Waals surface area contributed by atoms with Gasteiger partial charge in [-0.05, 0) is 38.6 Å². The van der Waals surface area contributed by atoms with E-state index in [0.29, 0.717) is 12.5 Å². The molecule has 1 unspecified atom stereocenters. The van der Waals surface area contributed by atoms with Gasteiger partial charge < -0.3 is 15.0 Å². The number of H-pyrrole nitrogens is 1. The molecule has 4 nitrogen and oxygen atoms in total. The molecule has 19 heavy (non-hydrogen) atoms. The first kappa shape index (κ1) is 14.2. The van der Waals surface area contributed by atoms with Crippen LogP contribution in [-0.2, 0) is 0 Å². The van der Waals surface area contributed by atoms with Crippen LogP contribution in [0.2, 0.25) is 0 Å². The number of nitrogens with zero attached hydrogens (tertiary/aromatic N) is 1. The van der Waals surface area contributed by atoms with Gasteiger partial charge in [-0.1, -0.05) is 18.7 Å². The smallest absolute Gasteiger partial charge is 0.166 e. The van der Waals surface area contributed by atoms with E-state index in [0.717, 1.165) is 34.2 Å². The summed E-state index contributed by atoms with van der Waals surface area (Å²) in [7, 11) is 1.98. The van der Waals surface area contributed by atoms with Gasteiger partial charge in [0.05, 0.1) is 17.6 Å². The molecule has 0 bridgehead atoms. The number of fused-ring (bicyclic) bond motifs is 1. The number of hydrogen-bond acceptors (Lipinski definition) is 4. The fourth-order valence-corrected chi connectivity index (χ4v) is 2.82. The molecule has 0 fully saturated rings. The number of hydrogen-bond donors (Lipinski definition) is 2. The maximum Gasteiger partial charge on any atom is 0.166 e. The summed E-state index contributed by atoms with van der Waals surface area (Å²) in [6.07, 6.45) is 0. The highest BCUT2D eigenvalue weighted by molar-refractivity contribution is 7.99. The number of imidazole rings is 1. The SMILES string of the molecule is CCOc1ccc2nc(SCC(C)CNC)[nH]c2c1. The van der Waals surface area contributed by atoms with Gasteiger partial charge in [0.15, 0.2) is 5.16 Å². The fraction of sp³-hybridized carbons (Fsp3) is 0.500. The Morgan fingerprint density at radius 3 is 3.05 bits per heavy atom. The van der Waals surface area contributed by atoms with Crippen molar-refractivity contribution in [2.45, 2.75) is 19.0 Å². The highest BCUT2D eigenvalue weighted by atomic mass is 32.2. The molecule has 5 heteroatoms. The third-order valence-electron chi connectivity index (χ3n) is 2.80. The van der Waals surface area contributed by atoms with Gasteiger partial charge in [-0.3, -0.25) is 0 Å². The van der Waals surface area contributed by atoms with Crippen molar-refractivity contribution in [2.24, 2.45) is 5.92 Å². The molecule has 1 aromatic heterocycles. The lowest BCUT2D eigenvalue weighted by Crippen LogP contribution is -2.17. The molecule has 1 heterocycles. The lowest BCUT2D eigenvalue weighted by molar-refractivity contribution is 0.340. The fourth-order valence-electron chi connectivity index (χ4n) is 1.92. The van der Waals surface area contributed by atoms with Crippen LogP contribution in [0.3, 0.4) is 0 Å². The summed E-state index contributed by atoms with van der Waals surface area (Å²) in [4.78, 5) is 7.92. The van der Waals surface area contributed by atoms with Gasteiger partial charge in [-0.25, -0.2) is 4.98 Å². The number of ether oxygens (including phenoxy) is 1. The van der Waals surface area contributed by atoms with Crippen molar-refractivity contribution in [3.05, 3.63) is 18.2 Å². The van der Waals surface area contributed by atoms with Crippen molar-refractivity contribution in [1.29, 1.82) is 0 Å². The standard InChI is InChI=1S/C14H21N3OS/c1-4-18-11-5-6-12-13(7-11)17-14(16-12)19-9-10(2)8-15-3/h5-7,10,15H,4,8-9H2,1-3H3,(H,16,17). The predicted octanol–water partition coefficient (Wildman–Crippen LogP) is 2.91. The Morgan fingerprint density at radius 1 is 1.47 bits per heavy atom. The van der Waals surface area contributed by atoms with E-state index in [1.807, 2.05) is 32.2 Å². The lowest BCUT2D eigenvalue weighted by atomic mass is 10.2. The number of rotatable bonds is 7. The van der Waals surface area contributed by atoms with Crippen LogP contribution >= 0.6 is 11.8 Å². The molecule has 0 aliphatic carbocycles. The van der Waals surface area contributed by atoms with E-state index in [1.54, 1.807) is 11.8 Å². The summed E-state index contributed by atoms with van der Waals surface area (Å²) in [5.74, 6) is 2.57. The molecule has 2 N–H and O–H groups in total. The van der Waals surface area contributed by atoms with Gasteiger partial charge in [-0.2, -0.15) is 0 Å². The van der Waals surface area contributed by atoms with Gasteiger partial charge in [0, 0.05) is 11.8 Å². The molecule has 1 atom stereocenters. The highest BCUT2D eigenvalue weighted by Gasteiger charge is 2.07. The molecule has 0 aliphatic heterocycles. The molecule has 0 radical (unpaired) electrons. The summed E-state index contributed by atoms with van der Waals surface area (Å²) in [5, 5.41) is 4.17. The Labute approximate surface area is 118 Å². The van der Waals surface area contributed by atoms with Crippen molar-refractivity contribution >= 4 is 22.8 Å². The third kappa shape index (κ3) is 3.88. The number of thioether (sulfide) groups is 1. The second-order valence-corrected chi connectivity index (χ2v) is 5.64. The molecule has 0 spiro atoms. The van der Waals surface area contributed by atoms with Crippen molar-refractivity contribution in [2.75, 3.05) is 26.0 Å². The van der Waals surface area contributed by atoms with E-state index in [4.69, 9.17) is 4.74 Å². The second kappa shape index (κ2) is 6.82. The Bertz CT molecular complexity index is 526. The molecule has 0 saturated carbocycles. The zero-order valence-corrected chi connectivity index (χ0v) is 12.5. The predicted molar refractivity (Wildman–Crippen MR) is 81.1 cm³/mol. The topological polar surface area (TPSA) is 49.9 Å². The van der Waals surface area contributed by atoms with Crippen LogP contribution in [0.25, 0.3) is 11.0 Å². The summed E-state index contributed by atoms with van der Waals surface area (Å²) in [5.41, 5.74) is 2.03. The van der Waals surface area contributed by atoms with E-state index in [9.17, 15) is 0 Å². The van der Waals surface area contributed by atoms with Crippen molar-refractivity contribution in [3.63, 3.8) is 0 Å². The summed E-state index contributed by atoms with van der Waals surface area (Å²) in [6.45, 7) is 5.94. The molecule has 0 saturated heterocycles.